The van der Waals surface area contributed by atoms with Crippen LogP contribution in [0.4, 0.5) is 0 Å². The molecule has 5 heteroatoms. The van der Waals surface area contributed by atoms with Gasteiger partial charge in [0.15, 0.2) is 5.78 Å². The van der Waals surface area contributed by atoms with Crippen molar-refractivity contribution in [2.75, 3.05) is 6.61 Å². The molecule has 122 valence electrons. The van der Waals surface area contributed by atoms with E-state index < -0.39 is 16.7 Å². The second kappa shape index (κ2) is 6.55. The van der Waals surface area contributed by atoms with Gasteiger partial charge in [-0.05, 0) is 29.8 Å². The lowest BCUT2D eigenvalue weighted by atomic mass is 10.0. The fourth-order valence-electron chi connectivity index (χ4n) is 2.45. The van der Waals surface area contributed by atoms with Crippen molar-refractivity contribution < 1.29 is 17.4 Å². The van der Waals surface area contributed by atoms with E-state index in [1.165, 1.54) is 12.1 Å². The normalized spacial score (nSPS) is 11.5. The number of rotatable bonds is 5. The summed E-state index contributed by atoms with van der Waals surface area (Å²) < 4.78 is 29.3. The third kappa shape index (κ3) is 3.37. The Labute approximate surface area is 140 Å². The molecule has 0 radical (unpaired) electrons. The van der Waals surface area contributed by atoms with Crippen molar-refractivity contribution in [3.63, 3.8) is 0 Å². The number of hydrogen-bond acceptors (Lipinski definition) is 4. The molecule has 0 aromatic heterocycles. The van der Waals surface area contributed by atoms with E-state index in [2.05, 4.69) is 0 Å². The number of fused-ring (bicyclic) bond motifs is 1. The van der Waals surface area contributed by atoms with Gasteiger partial charge in [0.05, 0.1) is 4.90 Å². The standard InChI is InChI=1S/C19H16O4S/c1-14-9-11-16(12-10-14)24(21,22)23-13-19(20)18-8-4-6-15-5-2-3-7-17(15)18/h2-12H,13H2,1H3. The summed E-state index contributed by atoms with van der Waals surface area (Å²) in [6.45, 7) is 1.34. The van der Waals surface area contributed by atoms with Crippen molar-refractivity contribution in [3.05, 3.63) is 77.9 Å². The van der Waals surface area contributed by atoms with Crippen LogP contribution in [0.15, 0.2) is 71.6 Å². The molecule has 0 amide bonds. The average molecular weight is 340 g/mol. The molecule has 0 saturated heterocycles. The predicted molar refractivity (Wildman–Crippen MR) is 92.6 cm³/mol. The molecule has 4 nitrogen and oxygen atoms in total. The maximum Gasteiger partial charge on any atom is 0.297 e. The molecule has 0 unspecified atom stereocenters. The van der Waals surface area contributed by atoms with Gasteiger partial charge in [-0.1, -0.05) is 60.2 Å². The molecule has 0 aliphatic heterocycles. The molecular formula is C19H16O4S. The van der Waals surface area contributed by atoms with E-state index in [0.717, 1.165) is 16.3 Å². The molecule has 0 atom stereocenters. The Kier molecular flexibility index (Phi) is 4.46. The van der Waals surface area contributed by atoms with Crippen molar-refractivity contribution in [2.24, 2.45) is 0 Å². The lowest BCUT2D eigenvalue weighted by Gasteiger charge is -2.07. The topological polar surface area (TPSA) is 60.4 Å². The first-order chi connectivity index (χ1) is 11.5. The van der Waals surface area contributed by atoms with E-state index in [-0.39, 0.29) is 10.7 Å². The molecule has 0 fully saturated rings. The van der Waals surface area contributed by atoms with E-state index >= 15 is 0 Å². The SMILES string of the molecule is Cc1ccc(S(=O)(=O)OCC(=O)c2cccc3ccccc23)cc1. The summed E-state index contributed by atoms with van der Waals surface area (Å²) in [4.78, 5) is 12.4. The Bertz CT molecular complexity index is 984. The maximum atomic E-state index is 12.4. The zero-order valence-electron chi connectivity index (χ0n) is 13.1. The van der Waals surface area contributed by atoms with Crippen molar-refractivity contribution >= 4 is 26.7 Å². The van der Waals surface area contributed by atoms with Crippen LogP contribution in [0, 0.1) is 6.92 Å². The van der Waals surface area contributed by atoms with Crippen LogP contribution < -0.4 is 0 Å². The maximum absolute atomic E-state index is 12.4. The van der Waals surface area contributed by atoms with E-state index in [0.29, 0.717) is 5.56 Å². The molecule has 0 N–H and O–H groups in total. The van der Waals surface area contributed by atoms with Gasteiger partial charge in [0.25, 0.3) is 10.1 Å². The fraction of sp³-hybridized carbons (Fsp3) is 0.105. The van der Waals surface area contributed by atoms with Crippen molar-refractivity contribution in [1.82, 2.24) is 0 Å². The second-order valence-electron chi connectivity index (χ2n) is 5.48. The molecule has 0 saturated carbocycles. The minimum absolute atomic E-state index is 0.0406. The van der Waals surface area contributed by atoms with Crippen molar-refractivity contribution in [3.8, 4) is 0 Å². The van der Waals surface area contributed by atoms with Crippen LogP contribution in [0.3, 0.4) is 0 Å². The Balaban J connectivity index is 1.81. The summed E-state index contributed by atoms with van der Waals surface area (Å²) in [5, 5.41) is 1.70. The predicted octanol–water partition coefficient (Wildman–Crippen LogP) is 3.74. The lowest BCUT2D eigenvalue weighted by molar-refractivity contribution is 0.0926. The van der Waals surface area contributed by atoms with E-state index in [4.69, 9.17) is 4.18 Å². The molecule has 0 spiro atoms. The third-order valence-electron chi connectivity index (χ3n) is 3.74. The molecule has 0 heterocycles. The summed E-state index contributed by atoms with van der Waals surface area (Å²) in [6, 6.07) is 19.1. The van der Waals surface area contributed by atoms with Gasteiger partial charge < -0.3 is 0 Å². The second-order valence-corrected chi connectivity index (χ2v) is 7.09. The van der Waals surface area contributed by atoms with Crippen molar-refractivity contribution in [1.29, 1.82) is 0 Å². The van der Waals surface area contributed by atoms with E-state index in [9.17, 15) is 13.2 Å². The van der Waals surface area contributed by atoms with Crippen LogP contribution in [0.2, 0.25) is 0 Å². The average Bonchev–Trinajstić information content (AvgIpc) is 2.59. The largest absolute Gasteiger partial charge is 0.297 e. The molecule has 3 aromatic carbocycles. The van der Waals surface area contributed by atoms with Crippen LogP contribution in [-0.4, -0.2) is 20.8 Å². The van der Waals surface area contributed by atoms with Gasteiger partial charge in [-0.2, -0.15) is 8.42 Å². The first kappa shape index (κ1) is 16.4. The van der Waals surface area contributed by atoms with Gasteiger partial charge >= 0.3 is 0 Å². The number of Topliss-reactive ketones (excluding diaryl/α,β-unsaturated/α-hetero) is 1. The van der Waals surface area contributed by atoms with Crippen LogP contribution in [-0.2, 0) is 14.3 Å². The summed E-state index contributed by atoms with van der Waals surface area (Å²) in [5.41, 5.74) is 1.40. The Morgan fingerprint density at radius 3 is 2.33 bits per heavy atom. The first-order valence-corrected chi connectivity index (χ1v) is 8.85. The molecule has 0 bridgehead atoms. The van der Waals surface area contributed by atoms with Crippen LogP contribution in [0.1, 0.15) is 15.9 Å². The lowest BCUT2D eigenvalue weighted by Crippen LogP contribution is -2.15. The highest BCUT2D eigenvalue weighted by Crippen LogP contribution is 2.20. The third-order valence-corrected chi connectivity index (χ3v) is 5.02. The summed E-state index contributed by atoms with van der Waals surface area (Å²) in [6.07, 6.45) is 0. The molecule has 24 heavy (non-hydrogen) atoms. The zero-order valence-corrected chi connectivity index (χ0v) is 13.9. The number of carbonyl (C=O) groups is 1. The molecule has 0 aliphatic rings. The van der Waals surface area contributed by atoms with E-state index in [1.54, 1.807) is 24.3 Å². The monoisotopic (exact) mass is 340 g/mol. The fourth-order valence-corrected chi connectivity index (χ4v) is 3.32. The van der Waals surface area contributed by atoms with Gasteiger partial charge in [0, 0.05) is 5.56 Å². The highest BCUT2D eigenvalue weighted by atomic mass is 32.2. The van der Waals surface area contributed by atoms with Crippen LogP contribution in [0.5, 0.6) is 0 Å². The highest BCUT2D eigenvalue weighted by Gasteiger charge is 2.18. The summed E-state index contributed by atoms with van der Waals surface area (Å²) in [5.74, 6) is -0.373. The Hall–Kier alpha value is -2.50. The number of carbonyl (C=O) groups excluding carboxylic acids is 1. The Morgan fingerprint density at radius 1 is 0.917 bits per heavy atom. The molecule has 3 rings (SSSR count). The summed E-state index contributed by atoms with van der Waals surface area (Å²) in [7, 11) is -3.95. The van der Waals surface area contributed by atoms with Gasteiger partial charge in [-0.25, -0.2) is 0 Å². The van der Waals surface area contributed by atoms with Crippen molar-refractivity contribution in [2.45, 2.75) is 11.8 Å². The minimum Gasteiger partial charge on any atom is -0.291 e. The van der Waals surface area contributed by atoms with E-state index in [1.807, 2.05) is 37.3 Å². The van der Waals surface area contributed by atoms with Gasteiger partial charge in [0.2, 0.25) is 0 Å². The number of hydrogen-bond donors (Lipinski definition) is 0. The first-order valence-electron chi connectivity index (χ1n) is 7.44. The Morgan fingerprint density at radius 2 is 1.58 bits per heavy atom. The number of benzene rings is 3. The van der Waals surface area contributed by atoms with Gasteiger partial charge in [0.1, 0.15) is 6.61 Å². The summed E-state index contributed by atoms with van der Waals surface area (Å²) >= 11 is 0. The zero-order chi connectivity index (χ0) is 17.2. The van der Waals surface area contributed by atoms with Crippen LogP contribution in [0.25, 0.3) is 10.8 Å². The molecular weight excluding hydrogens is 324 g/mol. The minimum atomic E-state index is -3.95. The molecule has 0 aliphatic carbocycles. The quantitative estimate of drug-likeness (QED) is 0.524. The molecule has 3 aromatic rings. The van der Waals surface area contributed by atoms with Crippen LogP contribution >= 0.6 is 0 Å². The highest BCUT2D eigenvalue weighted by molar-refractivity contribution is 7.86. The van der Waals surface area contributed by atoms with Gasteiger partial charge in [-0.3, -0.25) is 8.98 Å². The smallest absolute Gasteiger partial charge is 0.291 e. The van der Waals surface area contributed by atoms with Gasteiger partial charge in [-0.15, -0.1) is 0 Å². The number of ketones is 1. The number of aryl methyl sites for hydroxylation is 1.